The molecule has 3 aromatic heterocycles. The molecular formula is C47H29N5S. The van der Waals surface area contributed by atoms with Gasteiger partial charge < -0.3 is 0 Å². The van der Waals surface area contributed by atoms with E-state index >= 15 is 0 Å². The largest absolute Gasteiger partial charge is 0.256 e. The van der Waals surface area contributed by atoms with Crippen LogP contribution in [-0.2, 0) is 0 Å². The third-order valence-corrected chi connectivity index (χ3v) is 10.7. The number of pyridine rings is 1. The zero-order valence-electron chi connectivity index (χ0n) is 28.4. The highest BCUT2D eigenvalue weighted by molar-refractivity contribution is 7.21. The van der Waals surface area contributed by atoms with Gasteiger partial charge in [-0.25, -0.2) is 19.9 Å². The molecular weight excluding hydrogens is 667 g/mol. The first kappa shape index (κ1) is 30.9. The van der Waals surface area contributed by atoms with Gasteiger partial charge >= 0.3 is 0 Å². The van der Waals surface area contributed by atoms with Gasteiger partial charge in [-0.15, -0.1) is 11.3 Å². The number of hydrogen-bond acceptors (Lipinski definition) is 6. The van der Waals surface area contributed by atoms with Crippen LogP contribution >= 0.6 is 11.3 Å². The van der Waals surface area contributed by atoms with E-state index < -0.39 is 0 Å². The second-order valence-electron chi connectivity index (χ2n) is 12.9. The third-order valence-electron chi connectivity index (χ3n) is 9.61. The topological polar surface area (TPSA) is 64.5 Å². The van der Waals surface area contributed by atoms with Crippen molar-refractivity contribution in [2.75, 3.05) is 0 Å². The molecule has 5 nitrogen and oxygen atoms in total. The Labute approximate surface area is 310 Å². The molecule has 0 unspecified atom stereocenters. The molecule has 6 heteroatoms. The summed E-state index contributed by atoms with van der Waals surface area (Å²) in [5, 5.41) is 4.32. The Hall–Kier alpha value is -6.89. The molecule has 0 amide bonds. The molecule has 0 aliphatic heterocycles. The van der Waals surface area contributed by atoms with Crippen molar-refractivity contribution >= 4 is 43.2 Å². The monoisotopic (exact) mass is 695 g/mol. The fourth-order valence-corrected chi connectivity index (χ4v) is 8.08. The number of nitrogens with zero attached hydrogens (tertiary/aromatic N) is 5. The summed E-state index contributed by atoms with van der Waals surface area (Å²) < 4.78 is 1.14. The number of thiazole rings is 1. The summed E-state index contributed by atoms with van der Waals surface area (Å²) in [6.07, 6.45) is 1.87. The molecule has 10 rings (SSSR count). The smallest absolute Gasteiger partial charge is 0.164 e. The lowest BCUT2D eigenvalue weighted by atomic mass is 9.88. The molecule has 10 aromatic rings. The van der Waals surface area contributed by atoms with Crippen molar-refractivity contribution in [2.45, 2.75) is 0 Å². The molecule has 248 valence electrons. The van der Waals surface area contributed by atoms with Crippen molar-refractivity contribution in [3.63, 3.8) is 0 Å². The Morgan fingerprint density at radius 3 is 1.70 bits per heavy atom. The van der Waals surface area contributed by atoms with E-state index in [4.69, 9.17) is 24.9 Å². The Balaban J connectivity index is 1.25. The maximum Gasteiger partial charge on any atom is 0.164 e. The van der Waals surface area contributed by atoms with Crippen LogP contribution in [0, 0.1) is 0 Å². The van der Waals surface area contributed by atoms with Gasteiger partial charge in [-0.05, 0) is 46.3 Å². The minimum Gasteiger partial charge on any atom is -0.256 e. The van der Waals surface area contributed by atoms with Gasteiger partial charge in [0.05, 0.1) is 15.7 Å². The molecule has 0 fully saturated rings. The van der Waals surface area contributed by atoms with Crippen molar-refractivity contribution < 1.29 is 0 Å². The van der Waals surface area contributed by atoms with Crippen LogP contribution < -0.4 is 0 Å². The second-order valence-corrected chi connectivity index (χ2v) is 13.9. The molecule has 0 saturated heterocycles. The number of hydrogen-bond donors (Lipinski definition) is 0. The van der Waals surface area contributed by atoms with E-state index in [2.05, 4.69) is 97.1 Å². The molecule has 0 spiro atoms. The fraction of sp³-hybridized carbons (Fsp3) is 0. The van der Waals surface area contributed by atoms with Crippen LogP contribution in [0.25, 0.3) is 98.9 Å². The quantitative estimate of drug-likeness (QED) is 0.162. The molecule has 7 aromatic carbocycles. The van der Waals surface area contributed by atoms with Crippen molar-refractivity contribution in [2.24, 2.45) is 0 Å². The molecule has 0 N–H and O–H groups in total. The highest BCUT2D eigenvalue weighted by Gasteiger charge is 2.20. The average molecular weight is 696 g/mol. The summed E-state index contributed by atoms with van der Waals surface area (Å²) in [4.78, 5) is 25.3. The highest BCUT2D eigenvalue weighted by Crippen LogP contribution is 2.44. The third kappa shape index (κ3) is 5.62. The summed E-state index contributed by atoms with van der Waals surface area (Å²) >= 11 is 1.72. The van der Waals surface area contributed by atoms with Crippen LogP contribution in [0.1, 0.15) is 0 Å². The van der Waals surface area contributed by atoms with Crippen LogP contribution in [0.5, 0.6) is 0 Å². The molecule has 0 atom stereocenters. The highest BCUT2D eigenvalue weighted by atomic mass is 32.1. The lowest BCUT2D eigenvalue weighted by Crippen LogP contribution is -2.00. The number of rotatable bonds is 6. The van der Waals surface area contributed by atoms with Crippen LogP contribution in [-0.4, -0.2) is 24.9 Å². The first-order valence-electron chi connectivity index (χ1n) is 17.5. The van der Waals surface area contributed by atoms with E-state index in [1.54, 1.807) is 11.3 Å². The van der Waals surface area contributed by atoms with Gasteiger partial charge in [-0.3, -0.25) is 4.98 Å². The lowest BCUT2D eigenvalue weighted by Gasteiger charge is -2.16. The number of aromatic nitrogens is 5. The maximum atomic E-state index is 5.25. The first-order valence-corrected chi connectivity index (χ1v) is 18.3. The Morgan fingerprint density at radius 2 is 0.981 bits per heavy atom. The molecule has 53 heavy (non-hydrogen) atoms. The van der Waals surface area contributed by atoms with E-state index in [1.807, 2.05) is 79.0 Å². The minimum absolute atomic E-state index is 0.604. The van der Waals surface area contributed by atoms with Gasteiger partial charge in [-0.1, -0.05) is 146 Å². The van der Waals surface area contributed by atoms with Gasteiger partial charge in [0.25, 0.3) is 0 Å². The van der Waals surface area contributed by atoms with E-state index in [0.29, 0.717) is 17.5 Å². The normalized spacial score (nSPS) is 11.4. The fourth-order valence-electron chi connectivity index (χ4n) is 7.08. The number of para-hydroxylation sites is 1. The van der Waals surface area contributed by atoms with Crippen LogP contribution in [0.15, 0.2) is 176 Å². The van der Waals surface area contributed by atoms with E-state index in [1.165, 1.54) is 0 Å². The number of benzene rings is 7. The van der Waals surface area contributed by atoms with E-state index in [9.17, 15) is 0 Å². The predicted octanol–water partition coefficient (Wildman–Crippen LogP) is 12.2. The summed E-state index contributed by atoms with van der Waals surface area (Å²) in [6, 6.07) is 58.6. The van der Waals surface area contributed by atoms with Gasteiger partial charge in [0.2, 0.25) is 0 Å². The van der Waals surface area contributed by atoms with Crippen LogP contribution in [0.4, 0.5) is 0 Å². The zero-order valence-corrected chi connectivity index (χ0v) is 29.2. The summed E-state index contributed by atoms with van der Waals surface area (Å²) in [5.74, 6) is 1.86. The van der Waals surface area contributed by atoms with E-state index in [0.717, 1.165) is 81.4 Å². The minimum atomic E-state index is 0.604. The van der Waals surface area contributed by atoms with Crippen molar-refractivity contribution in [1.29, 1.82) is 0 Å². The molecule has 0 saturated carbocycles. The SMILES string of the molecule is c1ccc(-c2nc(-c3ccccc3)nc(-c3ccc(-c4cccc5sc(-c6ccccc6)nc45)c(-c4cc5ccccc5c5ncccc45)c3)n2)cc1. The van der Waals surface area contributed by atoms with Crippen LogP contribution in [0.2, 0.25) is 0 Å². The zero-order chi connectivity index (χ0) is 35.1. The van der Waals surface area contributed by atoms with Crippen molar-refractivity contribution in [3.05, 3.63) is 176 Å². The van der Waals surface area contributed by atoms with Gasteiger partial charge in [-0.2, -0.15) is 0 Å². The van der Waals surface area contributed by atoms with Crippen molar-refractivity contribution in [3.8, 4) is 67.0 Å². The Bertz CT molecular complexity index is 2880. The average Bonchev–Trinajstić information content (AvgIpc) is 3.69. The van der Waals surface area contributed by atoms with Gasteiger partial charge in [0.1, 0.15) is 5.01 Å². The summed E-state index contributed by atoms with van der Waals surface area (Å²) in [7, 11) is 0. The first-order chi connectivity index (χ1) is 26.3. The van der Waals surface area contributed by atoms with Crippen molar-refractivity contribution in [1.82, 2.24) is 24.9 Å². The Kier molecular flexibility index (Phi) is 7.59. The molecule has 0 aliphatic carbocycles. The van der Waals surface area contributed by atoms with E-state index in [-0.39, 0.29) is 0 Å². The van der Waals surface area contributed by atoms with Crippen LogP contribution in [0.3, 0.4) is 0 Å². The van der Waals surface area contributed by atoms with Gasteiger partial charge in [0.15, 0.2) is 17.5 Å². The van der Waals surface area contributed by atoms with Gasteiger partial charge in [0, 0.05) is 44.8 Å². The summed E-state index contributed by atoms with van der Waals surface area (Å²) in [5.41, 5.74) is 10.1. The predicted molar refractivity (Wildman–Crippen MR) is 218 cm³/mol. The lowest BCUT2D eigenvalue weighted by molar-refractivity contribution is 1.07. The molecule has 0 radical (unpaired) electrons. The number of fused-ring (bicyclic) bond motifs is 4. The standard InChI is InChI=1S/C47H29N5S/c1-4-14-30(15-5-1)44-50-45(31-16-6-2-7-17-31)52-46(51-44)34-25-26-36(37-22-12-24-41-43(37)49-47(53-41)32-18-8-3-9-19-32)39(29-34)40-28-33-20-10-11-21-35(33)42-38(40)23-13-27-48-42/h1-29H. The Morgan fingerprint density at radius 1 is 0.358 bits per heavy atom. The second kappa shape index (κ2) is 13.0. The maximum absolute atomic E-state index is 5.25. The molecule has 0 bridgehead atoms. The molecule has 3 heterocycles. The molecule has 0 aliphatic rings. The summed E-state index contributed by atoms with van der Waals surface area (Å²) in [6.45, 7) is 0.